The Labute approximate surface area is 190 Å². The first-order valence-electron chi connectivity index (χ1n) is 11.8. The first-order chi connectivity index (χ1) is 15.6. The van der Waals surface area contributed by atoms with Crippen LogP contribution in [0.2, 0.25) is 0 Å². The lowest BCUT2D eigenvalue weighted by Gasteiger charge is -2.27. The van der Waals surface area contributed by atoms with Gasteiger partial charge in [-0.1, -0.05) is 60.9 Å². The highest BCUT2D eigenvalue weighted by molar-refractivity contribution is 5.88. The summed E-state index contributed by atoms with van der Waals surface area (Å²) in [5.74, 6) is 0. The molecule has 2 aliphatic rings. The van der Waals surface area contributed by atoms with Crippen molar-refractivity contribution in [3.63, 3.8) is 0 Å². The number of benzene rings is 2. The predicted molar refractivity (Wildman–Crippen MR) is 130 cm³/mol. The van der Waals surface area contributed by atoms with E-state index in [-0.39, 0.29) is 5.41 Å². The molecule has 0 atom stereocenters. The molecular weight excluding hydrogens is 388 g/mol. The smallest absolute Gasteiger partial charge is 0.213 e. The van der Waals surface area contributed by atoms with Crippen LogP contribution in [0, 0.1) is 13.8 Å². The maximum absolute atomic E-state index is 4.96. The highest BCUT2D eigenvalue weighted by Crippen LogP contribution is 2.58. The SMILES string of the molecule is Cc1ccc(-c2cc[n+](C)c(-c3c(C)ccc4c3C3(CCCC3)c3ncccc3-4)c2)cc1. The molecule has 0 radical (unpaired) electrons. The number of nitrogens with zero attached hydrogens (tertiary/aromatic N) is 2. The van der Waals surface area contributed by atoms with Crippen molar-refractivity contribution in [3.05, 3.63) is 95.4 Å². The molecule has 0 saturated heterocycles. The van der Waals surface area contributed by atoms with Gasteiger partial charge >= 0.3 is 0 Å². The molecule has 158 valence electrons. The summed E-state index contributed by atoms with van der Waals surface area (Å²) in [5, 5.41) is 0. The number of pyridine rings is 2. The van der Waals surface area contributed by atoms with Gasteiger partial charge in [0.05, 0.1) is 11.3 Å². The molecule has 1 spiro atoms. The summed E-state index contributed by atoms with van der Waals surface area (Å²) in [5.41, 5.74) is 13.5. The Morgan fingerprint density at radius 1 is 0.844 bits per heavy atom. The fourth-order valence-electron chi connectivity index (χ4n) is 6.09. The summed E-state index contributed by atoms with van der Waals surface area (Å²) >= 11 is 0. The Morgan fingerprint density at radius 2 is 1.62 bits per heavy atom. The van der Waals surface area contributed by atoms with Gasteiger partial charge in [-0.15, -0.1) is 0 Å². The molecule has 4 aromatic rings. The molecule has 2 aromatic carbocycles. The van der Waals surface area contributed by atoms with Crippen LogP contribution in [0.4, 0.5) is 0 Å². The summed E-state index contributed by atoms with van der Waals surface area (Å²) in [7, 11) is 2.18. The average molecular weight is 418 g/mol. The molecule has 2 aromatic heterocycles. The van der Waals surface area contributed by atoms with Crippen molar-refractivity contribution in [1.82, 2.24) is 4.98 Å². The number of rotatable bonds is 2. The molecule has 2 heterocycles. The zero-order valence-electron chi connectivity index (χ0n) is 19.2. The first kappa shape index (κ1) is 19.4. The molecular formula is C30H29N2+. The van der Waals surface area contributed by atoms with E-state index in [0.29, 0.717) is 0 Å². The van der Waals surface area contributed by atoms with Gasteiger partial charge in [0, 0.05) is 29.3 Å². The van der Waals surface area contributed by atoms with E-state index in [9.17, 15) is 0 Å². The summed E-state index contributed by atoms with van der Waals surface area (Å²) in [6, 6.07) is 22.5. The van der Waals surface area contributed by atoms with E-state index in [2.05, 4.69) is 92.3 Å². The lowest BCUT2D eigenvalue weighted by Crippen LogP contribution is -2.32. The van der Waals surface area contributed by atoms with Crippen LogP contribution in [-0.4, -0.2) is 4.98 Å². The Kier molecular flexibility index (Phi) is 4.33. The highest BCUT2D eigenvalue weighted by atomic mass is 14.9. The molecule has 32 heavy (non-hydrogen) atoms. The van der Waals surface area contributed by atoms with Crippen LogP contribution in [-0.2, 0) is 12.5 Å². The minimum absolute atomic E-state index is 0.0557. The van der Waals surface area contributed by atoms with Crippen LogP contribution in [0.1, 0.15) is 48.1 Å². The predicted octanol–water partition coefficient (Wildman–Crippen LogP) is 6.70. The van der Waals surface area contributed by atoms with E-state index in [0.717, 1.165) is 0 Å². The normalized spacial score (nSPS) is 15.7. The van der Waals surface area contributed by atoms with Gasteiger partial charge in [-0.3, -0.25) is 4.98 Å². The number of fused-ring (bicyclic) bond motifs is 5. The lowest BCUT2D eigenvalue weighted by atomic mass is 9.75. The third-order valence-corrected chi connectivity index (χ3v) is 7.69. The second kappa shape index (κ2) is 7.13. The second-order valence-electron chi connectivity index (χ2n) is 9.65. The maximum Gasteiger partial charge on any atom is 0.213 e. The third-order valence-electron chi connectivity index (χ3n) is 7.69. The van der Waals surface area contributed by atoms with Crippen molar-refractivity contribution >= 4 is 0 Å². The first-order valence-corrected chi connectivity index (χ1v) is 11.8. The topological polar surface area (TPSA) is 16.8 Å². The van der Waals surface area contributed by atoms with Gasteiger partial charge < -0.3 is 0 Å². The van der Waals surface area contributed by atoms with E-state index in [1.807, 2.05) is 6.20 Å². The van der Waals surface area contributed by atoms with Gasteiger partial charge in [0.25, 0.3) is 0 Å². The lowest BCUT2D eigenvalue weighted by molar-refractivity contribution is -0.660. The number of hydrogen-bond donors (Lipinski definition) is 0. The number of aromatic nitrogens is 2. The van der Waals surface area contributed by atoms with E-state index >= 15 is 0 Å². The van der Waals surface area contributed by atoms with Gasteiger partial charge in [-0.05, 0) is 60.6 Å². The van der Waals surface area contributed by atoms with E-state index in [1.165, 1.54) is 81.6 Å². The van der Waals surface area contributed by atoms with Crippen LogP contribution in [0.15, 0.2) is 73.1 Å². The molecule has 6 rings (SSSR count). The van der Waals surface area contributed by atoms with Crippen molar-refractivity contribution in [3.8, 4) is 33.5 Å². The third kappa shape index (κ3) is 2.72. The van der Waals surface area contributed by atoms with Crippen LogP contribution in [0.5, 0.6) is 0 Å². The summed E-state index contributed by atoms with van der Waals surface area (Å²) in [6.07, 6.45) is 9.14. The number of aryl methyl sites for hydroxylation is 3. The average Bonchev–Trinajstić information content (AvgIpc) is 3.40. The molecule has 0 aliphatic heterocycles. The van der Waals surface area contributed by atoms with Gasteiger partial charge in [0.2, 0.25) is 5.69 Å². The van der Waals surface area contributed by atoms with Crippen molar-refractivity contribution < 1.29 is 4.57 Å². The minimum Gasteiger partial charge on any atom is -0.260 e. The molecule has 1 fully saturated rings. The second-order valence-corrected chi connectivity index (χ2v) is 9.65. The van der Waals surface area contributed by atoms with Crippen molar-refractivity contribution in [1.29, 1.82) is 0 Å². The summed E-state index contributed by atoms with van der Waals surface area (Å²) in [4.78, 5) is 4.96. The molecule has 0 unspecified atom stereocenters. The van der Waals surface area contributed by atoms with Gasteiger partial charge in [0.1, 0.15) is 7.05 Å². The maximum atomic E-state index is 4.96. The van der Waals surface area contributed by atoms with E-state index in [1.54, 1.807) is 0 Å². The van der Waals surface area contributed by atoms with Gasteiger partial charge in [0.15, 0.2) is 6.20 Å². The fraction of sp³-hybridized carbons (Fsp3) is 0.267. The van der Waals surface area contributed by atoms with E-state index in [4.69, 9.17) is 4.98 Å². The summed E-state index contributed by atoms with van der Waals surface area (Å²) in [6.45, 7) is 4.41. The molecule has 0 amide bonds. The van der Waals surface area contributed by atoms with Crippen molar-refractivity contribution in [2.24, 2.45) is 7.05 Å². The summed E-state index contributed by atoms with van der Waals surface area (Å²) < 4.78 is 2.29. The minimum atomic E-state index is 0.0557. The van der Waals surface area contributed by atoms with Gasteiger partial charge in [-0.25, -0.2) is 4.57 Å². The van der Waals surface area contributed by atoms with Crippen molar-refractivity contribution in [2.75, 3.05) is 0 Å². The molecule has 2 aliphatic carbocycles. The molecule has 2 heteroatoms. The quantitative estimate of drug-likeness (QED) is 0.332. The Balaban J connectivity index is 1.63. The van der Waals surface area contributed by atoms with Gasteiger partial charge in [-0.2, -0.15) is 0 Å². The highest BCUT2D eigenvalue weighted by Gasteiger charge is 2.48. The van der Waals surface area contributed by atoms with E-state index < -0.39 is 0 Å². The molecule has 1 saturated carbocycles. The zero-order valence-corrected chi connectivity index (χ0v) is 19.2. The van der Waals surface area contributed by atoms with Crippen LogP contribution >= 0.6 is 0 Å². The largest absolute Gasteiger partial charge is 0.260 e. The number of hydrogen-bond acceptors (Lipinski definition) is 1. The van der Waals surface area contributed by atoms with Crippen LogP contribution in [0.3, 0.4) is 0 Å². The Bertz CT molecular complexity index is 1340. The Morgan fingerprint density at radius 3 is 2.41 bits per heavy atom. The fourth-order valence-corrected chi connectivity index (χ4v) is 6.09. The zero-order chi connectivity index (χ0) is 21.9. The van der Waals surface area contributed by atoms with Crippen LogP contribution in [0.25, 0.3) is 33.5 Å². The molecule has 0 N–H and O–H groups in total. The van der Waals surface area contributed by atoms with Crippen molar-refractivity contribution in [2.45, 2.75) is 44.9 Å². The Hall–Kier alpha value is -3.26. The standard InChI is InChI=1S/C30H29N2/c1-20-8-11-22(12-9-20)23-14-18-32(3)26(19-23)27-21(2)10-13-24-25-7-6-17-31-29(25)30(28(24)27)15-4-5-16-30/h6-14,17-19H,4-5,15-16H2,1-3H3/q+1. The van der Waals surface area contributed by atoms with Crippen LogP contribution < -0.4 is 4.57 Å². The molecule has 0 bridgehead atoms. The molecule has 2 nitrogen and oxygen atoms in total. The monoisotopic (exact) mass is 417 g/mol.